The van der Waals surface area contributed by atoms with Crippen LogP contribution in [0.25, 0.3) is 0 Å². The first-order chi connectivity index (χ1) is 11.5. The fraction of sp³-hybridized carbons (Fsp3) is 0.450. The zero-order valence-electron chi connectivity index (χ0n) is 14.0. The molecule has 4 nitrogen and oxygen atoms in total. The van der Waals surface area contributed by atoms with Crippen molar-refractivity contribution in [3.63, 3.8) is 0 Å². The Morgan fingerprint density at radius 1 is 1.25 bits per heavy atom. The summed E-state index contributed by atoms with van der Waals surface area (Å²) in [6.07, 6.45) is 3.17. The first-order valence-corrected chi connectivity index (χ1v) is 8.49. The van der Waals surface area contributed by atoms with Crippen molar-refractivity contribution in [2.45, 2.75) is 32.1 Å². The average molecular weight is 320 g/mol. The molecule has 1 aliphatic heterocycles. The minimum absolute atomic E-state index is 0.0337. The van der Waals surface area contributed by atoms with E-state index in [2.05, 4.69) is 6.07 Å². The number of ketones is 1. The van der Waals surface area contributed by atoms with E-state index in [9.17, 15) is 14.9 Å². The molecular formula is C20H20N2O2. The summed E-state index contributed by atoms with van der Waals surface area (Å²) < 4.78 is 0. The summed E-state index contributed by atoms with van der Waals surface area (Å²) in [5.74, 6) is -0.0549. The van der Waals surface area contributed by atoms with Crippen molar-refractivity contribution in [2.24, 2.45) is 10.8 Å². The summed E-state index contributed by atoms with van der Waals surface area (Å²) >= 11 is 0. The number of hydrogen-bond acceptors (Lipinski definition) is 3. The second kappa shape index (κ2) is 4.57. The van der Waals surface area contributed by atoms with Gasteiger partial charge in [0.05, 0.1) is 5.57 Å². The fourth-order valence-corrected chi connectivity index (χ4v) is 5.22. The molecule has 1 aromatic rings. The zero-order chi connectivity index (χ0) is 17.2. The van der Waals surface area contributed by atoms with Crippen LogP contribution in [0.5, 0.6) is 0 Å². The number of benzene rings is 1. The highest BCUT2D eigenvalue weighted by Gasteiger charge is 2.81. The van der Waals surface area contributed by atoms with Crippen LogP contribution in [-0.2, 0) is 15.0 Å². The van der Waals surface area contributed by atoms with Crippen LogP contribution in [0.4, 0.5) is 0 Å². The first kappa shape index (κ1) is 15.1. The van der Waals surface area contributed by atoms with Gasteiger partial charge in [-0.1, -0.05) is 37.3 Å². The number of likely N-dealkylation sites (tertiary alicyclic amines) is 1. The molecule has 1 saturated carbocycles. The summed E-state index contributed by atoms with van der Waals surface area (Å²) in [6, 6.07) is 11.7. The van der Waals surface area contributed by atoms with E-state index in [0.29, 0.717) is 19.5 Å². The van der Waals surface area contributed by atoms with Crippen molar-refractivity contribution in [1.82, 2.24) is 4.90 Å². The largest absolute Gasteiger partial charge is 0.342 e. The van der Waals surface area contributed by atoms with Crippen LogP contribution in [0.2, 0.25) is 0 Å². The average Bonchev–Trinajstić information content (AvgIpc) is 3.24. The summed E-state index contributed by atoms with van der Waals surface area (Å²) in [4.78, 5) is 28.2. The third-order valence-electron chi connectivity index (χ3n) is 6.61. The summed E-state index contributed by atoms with van der Waals surface area (Å²) in [7, 11) is 0. The molecule has 3 atom stereocenters. The second-order valence-corrected chi connectivity index (χ2v) is 7.40. The predicted octanol–water partition coefficient (Wildman–Crippen LogP) is 2.61. The molecular weight excluding hydrogens is 300 g/mol. The Morgan fingerprint density at radius 3 is 2.58 bits per heavy atom. The van der Waals surface area contributed by atoms with Crippen LogP contribution in [0, 0.1) is 22.2 Å². The van der Waals surface area contributed by atoms with Gasteiger partial charge in [0.15, 0.2) is 5.78 Å². The van der Waals surface area contributed by atoms with Gasteiger partial charge < -0.3 is 4.90 Å². The number of allylic oxidation sites excluding steroid dienone is 1. The Hall–Kier alpha value is -2.41. The number of Topliss-reactive ketones (excluding diaryl/α,β-unsaturated/α-hetero) is 1. The summed E-state index contributed by atoms with van der Waals surface area (Å²) in [6.45, 7) is 5.24. The molecule has 0 aromatic heterocycles. The number of rotatable bonds is 2. The highest BCUT2D eigenvalue weighted by Crippen LogP contribution is 2.78. The summed E-state index contributed by atoms with van der Waals surface area (Å²) in [5, 5.41) is 9.51. The van der Waals surface area contributed by atoms with Crippen molar-refractivity contribution in [3.05, 3.63) is 47.5 Å². The van der Waals surface area contributed by atoms with E-state index < -0.39 is 10.8 Å². The van der Waals surface area contributed by atoms with Gasteiger partial charge in [0.25, 0.3) is 0 Å². The van der Waals surface area contributed by atoms with E-state index in [1.54, 1.807) is 6.08 Å². The second-order valence-electron chi connectivity index (χ2n) is 7.40. The minimum Gasteiger partial charge on any atom is -0.342 e. The Balaban J connectivity index is 2.05. The lowest BCUT2D eigenvalue weighted by atomic mass is 9.56. The molecule has 2 aliphatic carbocycles. The number of nitriles is 1. The third kappa shape index (κ3) is 1.44. The van der Waals surface area contributed by atoms with Gasteiger partial charge in [-0.25, -0.2) is 0 Å². The number of nitrogens with zero attached hydrogens (tertiary/aromatic N) is 2. The highest BCUT2D eigenvalue weighted by atomic mass is 16.2. The normalized spacial score (nSPS) is 37.2. The predicted molar refractivity (Wildman–Crippen MR) is 88.9 cm³/mol. The topological polar surface area (TPSA) is 61.2 Å². The first-order valence-electron chi connectivity index (χ1n) is 8.49. The zero-order valence-corrected chi connectivity index (χ0v) is 14.0. The van der Waals surface area contributed by atoms with E-state index in [1.165, 1.54) is 0 Å². The van der Waals surface area contributed by atoms with Crippen LogP contribution in [0.15, 0.2) is 42.0 Å². The molecule has 3 aliphatic rings. The van der Waals surface area contributed by atoms with Crippen molar-refractivity contribution < 1.29 is 9.59 Å². The molecule has 1 saturated heterocycles. The van der Waals surface area contributed by atoms with Crippen LogP contribution in [0.3, 0.4) is 0 Å². The van der Waals surface area contributed by atoms with Crippen molar-refractivity contribution in [1.29, 1.82) is 5.26 Å². The molecule has 1 heterocycles. The molecule has 0 N–H and O–H groups in total. The van der Waals surface area contributed by atoms with Gasteiger partial charge in [-0.05, 0) is 31.4 Å². The molecule has 24 heavy (non-hydrogen) atoms. The van der Waals surface area contributed by atoms with Gasteiger partial charge in [0, 0.05) is 23.9 Å². The molecule has 0 bridgehead atoms. The summed E-state index contributed by atoms with van der Waals surface area (Å²) in [5.41, 5.74) is -0.839. The van der Waals surface area contributed by atoms with Crippen molar-refractivity contribution >= 4 is 11.7 Å². The van der Waals surface area contributed by atoms with E-state index >= 15 is 0 Å². The SMILES string of the molecule is CCN1CC[C@@]23C[C@]2(C)C(=O)C(C#N)=C[C@@]3(c2ccccc2)C1=O. The highest BCUT2D eigenvalue weighted by molar-refractivity contribution is 6.11. The van der Waals surface area contributed by atoms with E-state index in [1.807, 2.05) is 49.1 Å². The minimum atomic E-state index is -0.893. The maximum absolute atomic E-state index is 13.5. The van der Waals surface area contributed by atoms with Gasteiger partial charge in [-0.15, -0.1) is 0 Å². The number of piperidine rings is 1. The standard InChI is InChI=1S/C20H20N2O2/c1-3-22-10-9-19-13-18(19,2)16(23)14(12-21)11-20(19,17(22)24)15-7-5-4-6-8-15/h4-8,11H,3,9-10,13H2,1-2H3/t18-,19-,20-/m1/s1. The van der Waals surface area contributed by atoms with Gasteiger partial charge in [0.1, 0.15) is 11.5 Å². The molecule has 0 radical (unpaired) electrons. The lowest BCUT2D eigenvalue weighted by Gasteiger charge is -2.50. The van der Waals surface area contributed by atoms with Crippen LogP contribution in [-0.4, -0.2) is 29.7 Å². The maximum atomic E-state index is 13.5. The molecule has 2 fully saturated rings. The quantitative estimate of drug-likeness (QED) is 0.841. The number of likely N-dealkylation sites (N-methyl/N-ethyl adjacent to an activating group) is 1. The number of amides is 1. The van der Waals surface area contributed by atoms with Crippen LogP contribution < -0.4 is 0 Å². The molecule has 1 spiro atoms. The third-order valence-corrected chi connectivity index (χ3v) is 6.61. The number of carbonyl (C=O) groups excluding carboxylic acids is 2. The smallest absolute Gasteiger partial charge is 0.237 e. The maximum Gasteiger partial charge on any atom is 0.237 e. The van der Waals surface area contributed by atoms with Crippen molar-refractivity contribution in [3.8, 4) is 6.07 Å². The molecule has 122 valence electrons. The van der Waals surface area contributed by atoms with Gasteiger partial charge in [0.2, 0.25) is 5.91 Å². The van der Waals surface area contributed by atoms with Gasteiger partial charge >= 0.3 is 0 Å². The van der Waals surface area contributed by atoms with Crippen molar-refractivity contribution in [2.75, 3.05) is 13.1 Å². The Labute approximate surface area is 141 Å². The fourth-order valence-electron chi connectivity index (χ4n) is 5.22. The molecule has 4 rings (SSSR count). The molecule has 0 unspecified atom stereocenters. The Bertz CT molecular complexity index is 822. The van der Waals surface area contributed by atoms with Crippen LogP contribution >= 0.6 is 0 Å². The Morgan fingerprint density at radius 2 is 1.96 bits per heavy atom. The molecule has 4 heteroatoms. The molecule has 1 aromatic carbocycles. The van der Waals surface area contributed by atoms with E-state index in [-0.39, 0.29) is 22.7 Å². The number of hydrogen-bond donors (Lipinski definition) is 0. The lowest BCUT2D eigenvalue weighted by Crippen LogP contribution is -2.60. The lowest BCUT2D eigenvalue weighted by molar-refractivity contribution is -0.145. The van der Waals surface area contributed by atoms with Crippen LogP contribution in [0.1, 0.15) is 32.3 Å². The van der Waals surface area contributed by atoms with Gasteiger partial charge in [-0.2, -0.15) is 5.26 Å². The molecule has 1 amide bonds. The monoisotopic (exact) mass is 320 g/mol. The van der Waals surface area contributed by atoms with Gasteiger partial charge in [-0.3, -0.25) is 9.59 Å². The van der Waals surface area contributed by atoms with E-state index in [0.717, 1.165) is 12.0 Å². The van der Waals surface area contributed by atoms with E-state index in [4.69, 9.17) is 0 Å². The Kier molecular flexibility index (Phi) is 2.88. The number of carbonyl (C=O) groups is 2.